The first-order valence-corrected chi connectivity index (χ1v) is 10.3. The Morgan fingerprint density at radius 2 is 1.85 bits per heavy atom. The van der Waals surface area contributed by atoms with E-state index >= 15 is 0 Å². The van der Waals surface area contributed by atoms with Crippen LogP contribution in [0.15, 0.2) is 53.0 Å². The lowest BCUT2D eigenvalue weighted by Crippen LogP contribution is -2.32. The van der Waals surface area contributed by atoms with Gasteiger partial charge in [0.05, 0.1) is 5.56 Å². The van der Waals surface area contributed by atoms with Crippen LogP contribution in [0.4, 0.5) is 0 Å². The first-order chi connectivity index (χ1) is 13.1. The van der Waals surface area contributed by atoms with E-state index in [0.717, 1.165) is 29.5 Å². The first-order valence-electron chi connectivity index (χ1n) is 9.55. The monoisotopic (exact) mass is 430 g/mol. The SMILES string of the molecule is CN1CCC(CCNC(=O)c2ccccc2OCc2ccccc2Br)CC1. The minimum absolute atomic E-state index is 0.0642. The average Bonchev–Trinajstić information content (AvgIpc) is 2.69. The van der Waals surface area contributed by atoms with Gasteiger partial charge in [0.15, 0.2) is 0 Å². The molecule has 4 nitrogen and oxygen atoms in total. The third-order valence-electron chi connectivity index (χ3n) is 5.15. The molecule has 5 heteroatoms. The van der Waals surface area contributed by atoms with E-state index in [9.17, 15) is 4.79 Å². The number of ether oxygens (including phenoxy) is 1. The first kappa shape index (κ1) is 19.9. The van der Waals surface area contributed by atoms with Crippen molar-refractivity contribution in [1.29, 1.82) is 0 Å². The van der Waals surface area contributed by atoms with Crippen LogP contribution in [0.3, 0.4) is 0 Å². The Bertz CT molecular complexity index is 757. The Kier molecular flexibility index (Phi) is 7.30. The number of likely N-dealkylation sites (tertiary alicyclic amines) is 1. The molecule has 0 radical (unpaired) electrons. The lowest BCUT2D eigenvalue weighted by molar-refractivity contribution is 0.0944. The predicted molar refractivity (Wildman–Crippen MR) is 112 cm³/mol. The van der Waals surface area contributed by atoms with Gasteiger partial charge in [-0.1, -0.05) is 46.3 Å². The quantitative estimate of drug-likeness (QED) is 0.703. The molecule has 2 aromatic carbocycles. The second-order valence-electron chi connectivity index (χ2n) is 7.17. The Balaban J connectivity index is 1.53. The number of para-hydroxylation sites is 1. The Labute approximate surface area is 170 Å². The van der Waals surface area contributed by atoms with Gasteiger partial charge in [-0.15, -0.1) is 0 Å². The zero-order chi connectivity index (χ0) is 19.1. The topological polar surface area (TPSA) is 41.6 Å². The van der Waals surface area contributed by atoms with E-state index in [2.05, 4.69) is 33.2 Å². The molecule has 0 spiro atoms. The number of nitrogens with zero attached hydrogens (tertiary/aromatic N) is 1. The van der Waals surface area contributed by atoms with Gasteiger partial charge >= 0.3 is 0 Å². The van der Waals surface area contributed by atoms with Crippen molar-refractivity contribution in [2.75, 3.05) is 26.7 Å². The summed E-state index contributed by atoms with van der Waals surface area (Å²) in [6.07, 6.45) is 3.48. The van der Waals surface area contributed by atoms with Crippen LogP contribution >= 0.6 is 15.9 Å². The summed E-state index contributed by atoms with van der Waals surface area (Å²) in [4.78, 5) is 15.0. The van der Waals surface area contributed by atoms with E-state index in [1.165, 1.54) is 12.8 Å². The molecule has 0 unspecified atom stereocenters. The number of amides is 1. The van der Waals surface area contributed by atoms with Crippen LogP contribution < -0.4 is 10.1 Å². The molecule has 2 aromatic rings. The molecular formula is C22H27BrN2O2. The van der Waals surface area contributed by atoms with Crippen LogP contribution in [0.1, 0.15) is 35.2 Å². The maximum atomic E-state index is 12.6. The van der Waals surface area contributed by atoms with Crippen LogP contribution in [0, 0.1) is 5.92 Å². The van der Waals surface area contributed by atoms with Gasteiger partial charge in [-0.2, -0.15) is 0 Å². The molecule has 0 bridgehead atoms. The number of benzene rings is 2. The van der Waals surface area contributed by atoms with Gasteiger partial charge < -0.3 is 15.0 Å². The highest BCUT2D eigenvalue weighted by Gasteiger charge is 2.17. The third kappa shape index (κ3) is 5.81. The summed E-state index contributed by atoms with van der Waals surface area (Å²) in [6.45, 7) is 3.45. The van der Waals surface area contributed by atoms with Crippen molar-refractivity contribution in [3.63, 3.8) is 0 Å². The number of piperidine rings is 1. The van der Waals surface area contributed by atoms with Gasteiger partial charge in [-0.3, -0.25) is 4.79 Å². The van der Waals surface area contributed by atoms with E-state index in [1.54, 1.807) is 0 Å². The van der Waals surface area contributed by atoms with E-state index < -0.39 is 0 Å². The number of rotatable bonds is 7. The van der Waals surface area contributed by atoms with E-state index in [1.807, 2.05) is 48.5 Å². The fourth-order valence-electron chi connectivity index (χ4n) is 3.39. The fraction of sp³-hybridized carbons (Fsp3) is 0.409. The molecule has 1 aliphatic rings. The smallest absolute Gasteiger partial charge is 0.255 e. The highest BCUT2D eigenvalue weighted by atomic mass is 79.9. The van der Waals surface area contributed by atoms with Crippen molar-refractivity contribution in [2.45, 2.75) is 25.9 Å². The van der Waals surface area contributed by atoms with Crippen LogP contribution in [0.5, 0.6) is 5.75 Å². The van der Waals surface area contributed by atoms with Gasteiger partial charge in [-0.05, 0) is 63.5 Å². The lowest BCUT2D eigenvalue weighted by Gasteiger charge is -2.28. The third-order valence-corrected chi connectivity index (χ3v) is 5.92. The molecule has 1 N–H and O–H groups in total. The molecule has 1 aliphatic heterocycles. The number of hydrogen-bond acceptors (Lipinski definition) is 3. The lowest BCUT2D eigenvalue weighted by atomic mass is 9.94. The summed E-state index contributed by atoms with van der Waals surface area (Å²) in [5.41, 5.74) is 1.64. The number of nitrogens with one attached hydrogen (secondary N) is 1. The van der Waals surface area contributed by atoms with Crippen LogP contribution in [0.25, 0.3) is 0 Å². The van der Waals surface area contributed by atoms with Crippen molar-refractivity contribution in [2.24, 2.45) is 5.92 Å². The second-order valence-corrected chi connectivity index (χ2v) is 8.02. The number of halogens is 1. The Morgan fingerprint density at radius 1 is 1.15 bits per heavy atom. The zero-order valence-electron chi connectivity index (χ0n) is 15.8. The zero-order valence-corrected chi connectivity index (χ0v) is 17.4. The maximum absolute atomic E-state index is 12.6. The van der Waals surface area contributed by atoms with Gasteiger partial charge in [0.1, 0.15) is 12.4 Å². The molecule has 1 saturated heterocycles. The average molecular weight is 431 g/mol. The van der Waals surface area contributed by atoms with Crippen molar-refractivity contribution >= 4 is 21.8 Å². The summed E-state index contributed by atoms with van der Waals surface area (Å²) < 4.78 is 6.94. The van der Waals surface area contributed by atoms with Crippen LogP contribution in [0.2, 0.25) is 0 Å². The molecule has 0 aromatic heterocycles. The number of carbonyl (C=O) groups excluding carboxylic acids is 1. The summed E-state index contributed by atoms with van der Waals surface area (Å²) in [7, 11) is 2.17. The summed E-state index contributed by atoms with van der Waals surface area (Å²) in [5, 5.41) is 3.07. The van der Waals surface area contributed by atoms with Crippen molar-refractivity contribution in [1.82, 2.24) is 10.2 Å². The molecule has 3 rings (SSSR count). The fourth-order valence-corrected chi connectivity index (χ4v) is 3.79. The minimum atomic E-state index is -0.0642. The van der Waals surface area contributed by atoms with Gasteiger partial charge in [0, 0.05) is 16.6 Å². The molecule has 0 saturated carbocycles. The molecular weight excluding hydrogens is 404 g/mol. The maximum Gasteiger partial charge on any atom is 0.255 e. The van der Waals surface area contributed by atoms with Crippen molar-refractivity contribution < 1.29 is 9.53 Å². The molecule has 144 valence electrons. The summed E-state index contributed by atoms with van der Waals surface area (Å²) in [5.74, 6) is 1.26. The molecule has 1 heterocycles. The van der Waals surface area contributed by atoms with E-state index in [0.29, 0.717) is 30.4 Å². The molecule has 1 fully saturated rings. The highest BCUT2D eigenvalue weighted by Crippen LogP contribution is 2.23. The number of hydrogen-bond donors (Lipinski definition) is 1. The predicted octanol–water partition coefficient (Wildman–Crippen LogP) is 4.49. The largest absolute Gasteiger partial charge is 0.488 e. The van der Waals surface area contributed by atoms with E-state index in [-0.39, 0.29) is 5.91 Å². The Hall–Kier alpha value is -1.85. The van der Waals surface area contributed by atoms with Crippen molar-refractivity contribution in [3.8, 4) is 5.75 Å². The van der Waals surface area contributed by atoms with Crippen LogP contribution in [-0.4, -0.2) is 37.5 Å². The molecule has 1 amide bonds. The van der Waals surface area contributed by atoms with Gasteiger partial charge in [-0.25, -0.2) is 0 Å². The van der Waals surface area contributed by atoms with Gasteiger partial charge in [0.2, 0.25) is 0 Å². The number of carbonyl (C=O) groups is 1. The normalized spacial score (nSPS) is 15.5. The molecule has 0 atom stereocenters. The summed E-state index contributed by atoms with van der Waals surface area (Å²) in [6, 6.07) is 15.4. The van der Waals surface area contributed by atoms with Crippen molar-refractivity contribution in [3.05, 3.63) is 64.1 Å². The van der Waals surface area contributed by atoms with Gasteiger partial charge in [0.25, 0.3) is 5.91 Å². The van der Waals surface area contributed by atoms with E-state index in [4.69, 9.17) is 4.74 Å². The second kappa shape index (κ2) is 9.90. The summed E-state index contributed by atoms with van der Waals surface area (Å²) >= 11 is 3.53. The van der Waals surface area contributed by atoms with Crippen LogP contribution in [-0.2, 0) is 6.61 Å². The molecule has 27 heavy (non-hydrogen) atoms. The Morgan fingerprint density at radius 3 is 2.63 bits per heavy atom. The minimum Gasteiger partial charge on any atom is -0.488 e. The molecule has 0 aliphatic carbocycles. The standard InChI is InChI=1S/C22H27BrN2O2/c1-25-14-11-17(12-15-25)10-13-24-22(26)19-7-3-5-9-21(19)27-16-18-6-2-4-8-20(18)23/h2-9,17H,10-16H2,1H3,(H,24,26). The highest BCUT2D eigenvalue weighted by molar-refractivity contribution is 9.10.